The van der Waals surface area contributed by atoms with Crippen LogP contribution in [0.25, 0.3) is 0 Å². The Bertz CT molecular complexity index is 301. The van der Waals surface area contributed by atoms with E-state index in [-0.39, 0.29) is 18.6 Å². The summed E-state index contributed by atoms with van der Waals surface area (Å²) in [7, 11) is 0. The lowest BCUT2D eigenvalue weighted by Crippen LogP contribution is -2.49. The number of nitrogens with one attached hydrogen (secondary N) is 2. The number of hydrogen-bond donors (Lipinski definition) is 4. The van der Waals surface area contributed by atoms with Crippen LogP contribution in [0.15, 0.2) is 0 Å². The number of urea groups is 1. The molecule has 0 radical (unpaired) electrons. The molecule has 2 atom stereocenters. The van der Waals surface area contributed by atoms with Crippen LogP contribution in [0, 0.1) is 5.92 Å². The van der Waals surface area contributed by atoms with Gasteiger partial charge >= 0.3 is 12.0 Å². The van der Waals surface area contributed by atoms with Crippen LogP contribution < -0.4 is 10.6 Å². The quantitative estimate of drug-likeness (QED) is 0.536. The van der Waals surface area contributed by atoms with E-state index in [9.17, 15) is 14.7 Å². The smallest absolute Gasteiger partial charge is 0.315 e. The highest BCUT2D eigenvalue weighted by molar-refractivity contribution is 5.74. The zero-order valence-corrected chi connectivity index (χ0v) is 12.2. The number of carboxylic acid groups (broad SMARTS) is 1. The Hall–Kier alpha value is -1.30. The molecule has 6 heteroatoms. The minimum absolute atomic E-state index is 0.0411. The lowest BCUT2D eigenvalue weighted by atomic mass is 9.96. The lowest BCUT2D eigenvalue weighted by molar-refractivity contribution is -0.141. The van der Waals surface area contributed by atoms with Crippen molar-refractivity contribution in [2.75, 3.05) is 6.54 Å². The number of aliphatic carboxylic acids is 1. The molecule has 0 heterocycles. The Morgan fingerprint density at radius 3 is 2.21 bits per heavy atom. The standard InChI is InChI=1S/C13H26N2O4/c1-5-10(6-2)9(3)15-12(18)14-8-13(4,19)7-11(16)17/h9-10,19H,5-8H2,1-4H3,(H,16,17)(H2,14,15,18). The summed E-state index contributed by atoms with van der Waals surface area (Å²) in [6.45, 7) is 7.36. The largest absolute Gasteiger partial charge is 0.481 e. The van der Waals surface area contributed by atoms with Gasteiger partial charge in [-0.1, -0.05) is 26.7 Å². The average Bonchev–Trinajstić information content (AvgIpc) is 2.26. The predicted molar refractivity (Wildman–Crippen MR) is 72.9 cm³/mol. The number of carbonyl (C=O) groups is 2. The molecule has 0 fully saturated rings. The maximum atomic E-state index is 11.6. The summed E-state index contributed by atoms with van der Waals surface area (Å²) in [5, 5.41) is 23.7. The summed E-state index contributed by atoms with van der Waals surface area (Å²) < 4.78 is 0. The number of carboxylic acids is 1. The van der Waals surface area contributed by atoms with Gasteiger partial charge in [0.05, 0.1) is 12.0 Å². The summed E-state index contributed by atoms with van der Waals surface area (Å²) in [6.07, 6.45) is 1.55. The Balaban J connectivity index is 4.15. The maximum Gasteiger partial charge on any atom is 0.315 e. The fraction of sp³-hybridized carbons (Fsp3) is 0.846. The first-order chi connectivity index (χ1) is 8.71. The molecule has 19 heavy (non-hydrogen) atoms. The minimum Gasteiger partial charge on any atom is -0.481 e. The molecule has 0 aromatic rings. The fourth-order valence-electron chi connectivity index (χ4n) is 2.03. The van der Waals surface area contributed by atoms with Crippen LogP contribution in [-0.4, -0.2) is 40.4 Å². The van der Waals surface area contributed by atoms with Gasteiger partial charge < -0.3 is 20.8 Å². The van der Waals surface area contributed by atoms with Crippen molar-refractivity contribution in [1.29, 1.82) is 0 Å². The first-order valence-electron chi connectivity index (χ1n) is 6.70. The average molecular weight is 274 g/mol. The van der Waals surface area contributed by atoms with Gasteiger partial charge in [0.2, 0.25) is 0 Å². The van der Waals surface area contributed by atoms with Gasteiger partial charge in [-0.05, 0) is 19.8 Å². The van der Waals surface area contributed by atoms with Crippen LogP contribution in [0.1, 0.15) is 47.0 Å². The highest BCUT2D eigenvalue weighted by Gasteiger charge is 2.25. The second kappa shape index (κ2) is 7.99. The van der Waals surface area contributed by atoms with Gasteiger partial charge in [-0.25, -0.2) is 4.79 Å². The molecular weight excluding hydrogens is 248 g/mol. The summed E-state index contributed by atoms with van der Waals surface area (Å²) in [6, 6.07) is -0.343. The topological polar surface area (TPSA) is 98.7 Å². The Morgan fingerprint density at radius 2 is 1.79 bits per heavy atom. The Labute approximate surface area is 114 Å². The van der Waals surface area contributed by atoms with Crippen LogP contribution in [-0.2, 0) is 4.79 Å². The van der Waals surface area contributed by atoms with E-state index in [2.05, 4.69) is 24.5 Å². The molecule has 4 N–H and O–H groups in total. The van der Waals surface area contributed by atoms with E-state index < -0.39 is 18.0 Å². The summed E-state index contributed by atoms with van der Waals surface area (Å²) in [5.41, 5.74) is -1.44. The molecule has 0 aliphatic carbocycles. The van der Waals surface area contributed by atoms with E-state index in [1.54, 1.807) is 0 Å². The van der Waals surface area contributed by atoms with Crippen molar-refractivity contribution in [3.63, 3.8) is 0 Å². The monoisotopic (exact) mass is 274 g/mol. The number of hydrogen-bond acceptors (Lipinski definition) is 3. The predicted octanol–water partition coefficient (Wildman–Crippen LogP) is 1.34. The first kappa shape index (κ1) is 17.7. The lowest BCUT2D eigenvalue weighted by Gasteiger charge is -2.25. The third kappa shape index (κ3) is 7.66. The summed E-state index contributed by atoms with van der Waals surface area (Å²) in [4.78, 5) is 22.2. The normalized spacial score (nSPS) is 15.7. The molecule has 0 saturated heterocycles. The molecule has 0 rings (SSSR count). The van der Waals surface area contributed by atoms with Crippen molar-refractivity contribution in [2.24, 2.45) is 5.92 Å². The highest BCUT2D eigenvalue weighted by Crippen LogP contribution is 2.12. The van der Waals surface area contributed by atoms with E-state index in [4.69, 9.17) is 5.11 Å². The zero-order valence-electron chi connectivity index (χ0n) is 12.2. The summed E-state index contributed by atoms with van der Waals surface area (Å²) in [5.74, 6) is -0.692. The molecule has 0 aromatic carbocycles. The molecule has 2 unspecified atom stereocenters. The van der Waals surface area contributed by atoms with Crippen LogP contribution in [0.2, 0.25) is 0 Å². The van der Waals surface area contributed by atoms with E-state index in [1.165, 1.54) is 6.92 Å². The Morgan fingerprint density at radius 1 is 1.26 bits per heavy atom. The van der Waals surface area contributed by atoms with Gasteiger partial charge in [0.1, 0.15) is 0 Å². The third-order valence-corrected chi connectivity index (χ3v) is 3.28. The molecule has 0 spiro atoms. The molecule has 0 aliphatic rings. The number of amides is 2. The first-order valence-corrected chi connectivity index (χ1v) is 6.70. The van der Waals surface area contributed by atoms with Crippen LogP contribution in [0.3, 0.4) is 0 Å². The van der Waals surface area contributed by atoms with Crippen molar-refractivity contribution < 1.29 is 19.8 Å². The molecule has 0 aromatic heterocycles. The summed E-state index contributed by atoms with van der Waals surface area (Å²) >= 11 is 0. The van der Waals surface area contributed by atoms with E-state index in [0.29, 0.717) is 5.92 Å². The molecule has 112 valence electrons. The van der Waals surface area contributed by atoms with Crippen molar-refractivity contribution in [3.8, 4) is 0 Å². The number of carbonyl (C=O) groups excluding carboxylic acids is 1. The third-order valence-electron chi connectivity index (χ3n) is 3.28. The molecule has 0 saturated carbocycles. The van der Waals surface area contributed by atoms with E-state index in [1.807, 2.05) is 6.92 Å². The van der Waals surface area contributed by atoms with Gasteiger partial charge in [-0.3, -0.25) is 4.79 Å². The number of aliphatic hydroxyl groups is 1. The maximum absolute atomic E-state index is 11.6. The number of rotatable bonds is 8. The van der Waals surface area contributed by atoms with Crippen molar-refractivity contribution >= 4 is 12.0 Å². The van der Waals surface area contributed by atoms with E-state index >= 15 is 0 Å². The molecule has 2 amide bonds. The van der Waals surface area contributed by atoms with Gasteiger partial charge in [-0.2, -0.15) is 0 Å². The van der Waals surface area contributed by atoms with Gasteiger partial charge in [-0.15, -0.1) is 0 Å². The van der Waals surface area contributed by atoms with Crippen molar-refractivity contribution in [2.45, 2.75) is 58.6 Å². The second-order valence-electron chi connectivity index (χ2n) is 5.26. The molecule has 0 aliphatic heterocycles. The van der Waals surface area contributed by atoms with Gasteiger partial charge in [0.15, 0.2) is 0 Å². The SMILES string of the molecule is CCC(CC)C(C)NC(=O)NCC(C)(O)CC(=O)O. The van der Waals surface area contributed by atoms with Crippen molar-refractivity contribution in [1.82, 2.24) is 10.6 Å². The minimum atomic E-state index is -1.44. The van der Waals surface area contributed by atoms with E-state index in [0.717, 1.165) is 12.8 Å². The highest BCUT2D eigenvalue weighted by atomic mass is 16.4. The molecular formula is C13H26N2O4. The fourth-order valence-corrected chi connectivity index (χ4v) is 2.03. The van der Waals surface area contributed by atoms with Crippen LogP contribution >= 0.6 is 0 Å². The van der Waals surface area contributed by atoms with Crippen LogP contribution in [0.5, 0.6) is 0 Å². The Kier molecular flexibility index (Phi) is 7.44. The van der Waals surface area contributed by atoms with Gasteiger partial charge in [0.25, 0.3) is 0 Å². The van der Waals surface area contributed by atoms with Crippen molar-refractivity contribution in [3.05, 3.63) is 0 Å². The van der Waals surface area contributed by atoms with Gasteiger partial charge in [0, 0.05) is 12.6 Å². The molecule has 6 nitrogen and oxygen atoms in total. The molecule has 0 bridgehead atoms. The zero-order chi connectivity index (χ0) is 15.1. The second-order valence-corrected chi connectivity index (χ2v) is 5.26. The van der Waals surface area contributed by atoms with Crippen LogP contribution in [0.4, 0.5) is 4.79 Å².